The molecule has 0 saturated carbocycles. The average Bonchev–Trinajstić information content (AvgIpc) is 2.13. The Labute approximate surface area is 97.9 Å². The molecule has 0 fully saturated rings. The van der Waals surface area contributed by atoms with Crippen LogP contribution in [0.1, 0.15) is 20.8 Å². The second-order valence-electron chi connectivity index (χ2n) is 4.58. The highest BCUT2D eigenvalue weighted by molar-refractivity contribution is 5.78. The number of rotatable bonds is 8. The monoisotopic (exact) mass is 232 g/mol. The third kappa shape index (κ3) is 11.4. The van der Waals surface area contributed by atoms with Crippen molar-refractivity contribution in [2.75, 3.05) is 40.0 Å². The molecular formula is C11H24N2O3. The lowest BCUT2D eigenvalue weighted by atomic mass is 10.1. The van der Waals surface area contributed by atoms with Crippen molar-refractivity contribution in [1.82, 2.24) is 10.6 Å². The molecule has 96 valence electrons. The van der Waals surface area contributed by atoms with Crippen LogP contribution < -0.4 is 10.6 Å². The van der Waals surface area contributed by atoms with Gasteiger partial charge < -0.3 is 20.1 Å². The van der Waals surface area contributed by atoms with Crippen molar-refractivity contribution in [2.45, 2.75) is 26.3 Å². The summed E-state index contributed by atoms with van der Waals surface area (Å²) in [5.41, 5.74) is -0.173. The smallest absolute Gasteiger partial charge is 0.234 e. The van der Waals surface area contributed by atoms with Crippen molar-refractivity contribution in [2.24, 2.45) is 0 Å². The van der Waals surface area contributed by atoms with Crippen LogP contribution in [0.15, 0.2) is 0 Å². The fourth-order valence-corrected chi connectivity index (χ4v) is 1.05. The fraction of sp³-hybridized carbons (Fsp3) is 0.909. The van der Waals surface area contributed by atoms with Gasteiger partial charge in [0.15, 0.2) is 0 Å². The van der Waals surface area contributed by atoms with Gasteiger partial charge in [0.05, 0.1) is 26.4 Å². The minimum atomic E-state index is -0.173. The quantitative estimate of drug-likeness (QED) is 0.585. The van der Waals surface area contributed by atoms with Gasteiger partial charge in [-0.15, -0.1) is 0 Å². The number of hydrogen-bond acceptors (Lipinski definition) is 4. The standard InChI is InChI=1S/C11H24N2O3/c1-11(2,3)13-10(14)9-12-5-6-16-8-7-15-4/h12H,5-9H2,1-4H3,(H,13,14). The van der Waals surface area contributed by atoms with Crippen LogP contribution in [-0.2, 0) is 14.3 Å². The molecule has 0 aliphatic rings. The number of amides is 1. The second-order valence-corrected chi connectivity index (χ2v) is 4.58. The predicted octanol–water partition coefficient (Wildman–Crippen LogP) is 0.154. The predicted molar refractivity (Wildman–Crippen MR) is 63.5 cm³/mol. The summed E-state index contributed by atoms with van der Waals surface area (Å²) in [5.74, 6) is 0.00407. The molecule has 1 amide bonds. The summed E-state index contributed by atoms with van der Waals surface area (Å²) in [6.07, 6.45) is 0. The van der Waals surface area contributed by atoms with Gasteiger partial charge in [0.2, 0.25) is 5.91 Å². The zero-order valence-corrected chi connectivity index (χ0v) is 10.8. The highest BCUT2D eigenvalue weighted by Crippen LogP contribution is 1.96. The Morgan fingerprint density at radius 2 is 1.88 bits per heavy atom. The number of hydrogen-bond donors (Lipinski definition) is 2. The van der Waals surface area contributed by atoms with Gasteiger partial charge >= 0.3 is 0 Å². The van der Waals surface area contributed by atoms with Crippen molar-refractivity contribution in [3.8, 4) is 0 Å². The first kappa shape index (κ1) is 15.3. The van der Waals surface area contributed by atoms with Gasteiger partial charge in [0.1, 0.15) is 0 Å². The third-order valence-electron chi connectivity index (χ3n) is 1.65. The topological polar surface area (TPSA) is 59.6 Å². The van der Waals surface area contributed by atoms with Crippen LogP contribution >= 0.6 is 0 Å². The summed E-state index contributed by atoms with van der Waals surface area (Å²) >= 11 is 0. The maximum Gasteiger partial charge on any atom is 0.234 e. The first-order valence-electron chi connectivity index (χ1n) is 5.54. The number of nitrogens with one attached hydrogen (secondary N) is 2. The summed E-state index contributed by atoms with van der Waals surface area (Å²) in [7, 11) is 1.64. The molecule has 0 radical (unpaired) electrons. The van der Waals surface area contributed by atoms with Gasteiger partial charge in [-0.1, -0.05) is 0 Å². The van der Waals surface area contributed by atoms with Crippen molar-refractivity contribution >= 4 is 5.91 Å². The van der Waals surface area contributed by atoms with Crippen LogP contribution in [0.3, 0.4) is 0 Å². The molecule has 0 rings (SSSR count). The van der Waals surface area contributed by atoms with E-state index in [4.69, 9.17) is 9.47 Å². The molecule has 0 atom stereocenters. The Morgan fingerprint density at radius 1 is 1.19 bits per heavy atom. The molecular weight excluding hydrogens is 208 g/mol. The van der Waals surface area contributed by atoms with Crippen LogP contribution in [0, 0.1) is 0 Å². The van der Waals surface area contributed by atoms with E-state index < -0.39 is 0 Å². The SMILES string of the molecule is COCCOCCNCC(=O)NC(C)(C)C. The molecule has 5 heteroatoms. The lowest BCUT2D eigenvalue weighted by molar-refractivity contribution is -0.121. The number of carbonyl (C=O) groups is 1. The van der Waals surface area contributed by atoms with E-state index in [1.165, 1.54) is 0 Å². The third-order valence-corrected chi connectivity index (χ3v) is 1.65. The molecule has 0 aromatic carbocycles. The zero-order chi connectivity index (χ0) is 12.4. The molecule has 0 saturated heterocycles. The largest absolute Gasteiger partial charge is 0.382 e. The molecule has 0 aliphatic heterocycles. The number of ether oxygens (including phenoxy) is 2. The Bertz CT molecular complexity index is 190. The van der Waals surface area contributed by atoms with E-state index in [9.17, 15) is 4.79 Å². The number of methoxy groups -OCH3 is 1. The average molecular weight is 232 g/mol. The van der Waals surface area contributed by atoms with Crippen LogP contribution in [0.25, 0.3) is 0 Å². The maximum atomic E-state index is 11.4. The highest BCUT2D eigenvalue weighted by Gasteiger charge is 2.12. The van der Waals surface area contributed by atoms with Crippen molar-refractivity contribution in [3.63, 3.8) is 0 Å². The van der Waals surface area contributed by atoms with E-state index in [0.717, 1.165) is 0 Å². The molecule has 0 bridgehead atoms. The molecule has 16 heavy (non-hydrogen) atoms. The fourth-order valence-electron chi connectivity index (χ4n) is 1.05. The molecule has 0 spiro atoms. The molecule has 0 aromatic heterocycles. The normalized spacial score (nSPS) is 11.5. The molecule has 2 N–H and O–H groups in total. The highest BCUT2D eigenvalue weighted by atomic mass is 16.5. The van der Waals surface area contributed by atoms with Crippen LogP contribution in [0.4, 0.5) is 0 Å². The summed E-state index contributed by atoms with van der Waals surface area (Å²) in [4.78, 5) is 11.4. The molecule has 0 aliphatic carbocycles. The van der Waals surface area contributed by atoms with E-state index in [2.05, 4.69) is 10.6 Å². The van der Waals surface area contributed by atoms with Gasteiger partial charge in [0.25, 0.3) is 0 Å². The van der Waals surface area contributed by atoms with E-state index in [1.807, 2.05) is 20.8 Å². The first-order chi connectivity index (χ1) is 7.45. The van der Waals surface area contributed by atoms with Crippen LogP contribution in [0.5, 0.6) is 0 Å². The summed E-state index contributed by atoms with van der Waals surface area (Å²) in [5, 5.41) is 5.87. The van der Waals surface area contributed by atoms with E-state index in [-0.39, 0.29) is 11.4 Å². The van der Waals surface area contributed by atoms with Gasteiger partial charge in [-0.3, -0.25) is 4.79 Å². The Kier molecular flexibility index (Phi) is 8.15. The minimum absolute atomic E-state index is 0.00407. The Morgan fingerprint density at radius 3 is 2.44 bits per heavy atom. The van der Waals surface area contributed by atoms with Gasteiger partial charge in [-0.25, -0.2) is 0 Å². The molecule has 5 nitrogen and oxygen atoms in total. The van der Waals surface area contributed by atoms with Crippen molar-refractivity contribution < 1.29 is 14.3 Å². The molecule has 0 heterocycles. The Hall–Kier alpha value is -0.650. The van der Waals surface area contributed by atoms with E-state index in [1.54, 1.807) is 7.11 Å². The summed E-state index contributed by atoms with van der Waals surface area (Å²) in [6, 6.07) is 0. The van der Waals surface area contributed by atoms with E-state index in [0.29, 0.717) is 32.9 Å². The first-order valence-corrected chi connectivity index (χ1v) is 5.54. The van der Waals surface area contributed by atoms with Crippen molar-refractivity contribution in [1.29, 1.82) is 0 Å². The van der Waals surface area contributed by atoms with Gasteiger partial charge in [-0.2, -0.15) is 0 Å². The maximum absolute atomic E-state index is 11.4. The molecule has 0 aromatic rings. The van der Waals surface area contributed by atoms with Crippen molar-refractivity contribution in [3.05, 3.63) is 0 Å². The second kappa shape index (κ2) is 8.50. The lowest BCUT2D eigenvalue weighted by Gasteiger charge is -2.20. The Balaban J connectivity index is 3.28. The number of carbonyl (C=O) groups excluding carboxylic acids is 1. The molecule has 0 unspecified atom stereocenters. The summed E-state index contributed by atoms with van der Waals surface area (Å²) in [6.45, 7) is 8.64. The van der Waals surface area contributed by atoms with Crippen LogP contribution in [-0.4, -0.2) is 51.5 Å². The van der Waals surface area contributed by atoms with Crippen LogP contribution in [0.2, 0.25) is 0 Å². The van der Waals surface area contributed by atoms with Gasteiger partial charge in [0, 0.05) is 19.2 Å². The summed E-state index contributed by atoms with van der Waals surface area (Å²) < 4.78 is 10.1. The van der Waals surface area contributed by atoms with E-state index >= 15 is 0 Å². The minimum Gasteiger partial charge on any atom is -0.382 e. The van der Waals surface area contributed by atoms with Gasteiger partial charge in [-0.05, 0) is 20.8 Å². The zero-order valence-electron chi connectivity index (χ0n) is 10.8. The lowest BCUT2D eigenvalue weighted by Crippen LogP contribution is -2.45.